The van der Waals surface area contributed by atoms with Crippen molar-refractivity contribution in [1.82, 2.24) is 15.5 Å². The molecule has 0 aromatic carbocycles. The fraction of sp³-hybridized carbons (Fsp3) is 0.786. The van der Waals surface area contributed by atoms with Crippen molar-refractivity contribution >= 4 is 17.9 Å². The van der Waals surface area contributed by atoms with E-state index in [1.54, 1.807) is 0 Å². The van der Waals surface area contributed by atoms with Crippen molar-refractivity contribution in [2.75, 3.05) is 19.6 Å². The van der Waals surface area contributed by atoms with Crippen molar-refractivity contribution in [1.29, 1.82) is 0 Å². The molecule has 3 fully saturated rings. The van der Waals surface area contributed by atoms with Crippen LogP contribution >= 0.6 is 0 Å². The highest BCUT2D eigenvalue weighted by atomic mass is 16.4. The van der Waals surface area contributed by atoms with Crippen molar-refractivity contribution in [2.24, 2.45) is 11.3 Å². The van der Waals surface area contributed by atoms with Crippen LogP contribution in [0.2, 0.25) is 0 Å². The van der Waals surface area contributed by atoms with E-state index < -0.39 is 23.3 Å². The third kappa shape index (κ3) is 3.93. The molecule has 3 aliphatic rings. The van der Waals surface area contributed by atoms with Crippen LogP contribution in [0.1, 0.15) is 33.1 Å². The molecule has 7 heteroatoms. The normalized spacial score (nSPS) is 28.0. The highest BCUT2D eigenvalue weighted by Crippen LogP contribution is 2.27. The Morgan fingerprint density at radius 3 is 2.33 bits per heavy atom. The summed E-state index contributed by atoms with van der Waals surface area (Å²) in [6.07, 6.45) is 1.92. The van der Waals surface area contributed by atoms with Crippen molar-refractivity contribution < 1.29 is 19.5 Å². The molecule has 7 nitrogen and oxygen atoms in total. The van der Waals surface area contributed by atoms with Gasteiger partial charge in [-0.1, -0.05) is 0 Å². The number of aliphatic carboxylic acids is 1. The van der Waals surface area contributed by atoms with Gasteiger partial charge in [0.05, 0.1) is 5.41 Å². The van der Waals surface area contributed by atoms with Gasteiger partial charge in [-0.15, -0.1) is 0 Å². The van der Waals surface area contributed by atoms with Crippen LogP contribution in [-0.2, 0) is 9.59 Å². The lowest BCUT2D eigenvalue weighted by Crippen LogP contribution is -2.59. The molecule has 2 bridgehead atoms. The summed E-state index contributed by atoms with van der Waals surface area (Å²) in [4.78, 5) is 36.8. The molecule has 21 heavy (non-hydrogen) atoms. The van der Waals surface area contributed by atoms with Crippen LogP contribution < -0.4 is 10.6 Å². The van der Waals surface area contributed by atoms with Crippen molar-refractivity contribution in [2.45, 2.75) is 39.2 Å². The van der Waals surface area contributed by atoms with E-state index in [4.69, 9.17) is 5.11 Å². The third-order valence-corrected chi connectivity index (χ3v) is 4.41. The molecule has 0 aromatic heterocycles. The van der Waals surface area contributed by atoms with Crippen LogP contribution in [0.25, 0.3) is 0 Å². The van der Waals surface area contributed by atoms with Gasteiger partial charge in [0, 0.05) is 19.0 Å². The van der Waals surface area contributed by atoms with Crippen LogP contribution in [0.5, 0.6) is 0 Å². The molecule has 3 aliphatic heterocycles. The lowest BCUT2D eigenvalue weighted by molar-refractivity contribution is -0.149. The van der Waals surface area contributed by atoms with Gasteiger partial charge in [0.2, 0.25) is 5.91 Å². The second-order valence-corrected chi connectivity index (χ2v) is 6.63. The lowest BCUT2D eigenvalue weighted by atomic mass is 9.84. The van der Waals surface area contributed by atoms with E-state index in [-0.39, 0.29) is 12.5 Å². The van der Waals surface area contributed by atoms with Crippen LogP contribution in [0.15, 0.2) is 0 Å². The molecule has 3 N–H and O–H groups in total. The number of carboxylic acids is 1. The summed E-state index contributed by atoms with van der Waals surface area (Å²) in [6.45, 7) is 5.90. The predicted molar refractivity (Wildman–Crippen MR) is 75.7 cm³/mol. The molecule has 3 rings (SSSR count). The van der Waals surface area contributed by atoms with Gasteiger partial charge in [-0.2, -0.15) is 0 Å². The summed E-state index contributed by atoms with van der Waals surface area (Å²) < 4.78 is 0. The standard InChI is InChI=1S/C14H23N3O4/c1-14(2,12(19)20)7-11(18)16-13(21)15-10-8-17-5-3-9(10)4-6-17/h9-10H,3-8H2,1-2H3,(H,19,20)(H2,15,16,18,21). The minimum absolute atomic E-state index is 0.0767. The Hall–Kier alpha value is -1.63. The molecule has 3 heterocycles. The fourth-order valence-electron chi connectivity index (χ4n) is 2.98. The Kier molecular flexibility index (Phi) is 4.51. The van der Waals surface area contributed by atoms with E-state index in [0.29, 0.717) is 5.92 Å². The topological polar surface area (TPSA) is 98.7 Å². The zero-order valence-corrected chi connectivity index (χ0v) is 12.5. The van der Waals surface area contributed by atoms with E-state index in [9.17, 15) is 14.4 Å². The minimum Gasteiger partial charge on any atom is -0.481 e. The van der Waals surface area contributed by atoms with Gasteiger partial charge < -0.3 is 15.3 Å². The van der Waals surface area contributed by atoms with Gasteiger partial charge in [0.25, 0.3) is 0 Å². The van der Waals surface area contributed by atoms with E-state index in [1.165, 1.54) is 13.8 Å². The first-order valence-electron chi connectivity index (χ1n) is 7.34. The maximum Gasteiger partial charge on any atom is 0.321 e. The van der Waals surface area contributed by atoms with Crippen LogP contribution in [0.3, 0.4) is 0 Å². The molecule has 3 saturated heterocycles. The Labute approximate surface area is 124 Å². The summed E-state index contributed by atoms with van der Waals surface area (Å²) in [5.74, 6) is -1.15. The fourth-order valence-corrected chi connectivity index (χ4v) is 2.98. The van der Waals surface area contributed by atoms with Crippen molar-refractivity contribution in [3.63, 3.8) is 0 Å². The number of nitrogens with one attached hydrogen (secondary N) is 2. The van der Waals surface area contributed by atoms with Crippen LogP contribution in [-0.4, -0.2) is 53.6 Å². The molecular weight excluding hydrogens is 274 g/mol. The second-order valence-electron chi connectivity index (χ2n) is 6.63. The molecule has 3 amide bonds. The zero-order chi connectivity index (χ0) is 15.6. The summed E-state index contributed by atoms with van der Waals surface area (Å²) in [5, 5.41) is 14.0. The van der Waals surface area contributed by atoms with Gasteiger partial charge in [-0.3, -0.25) is 14.9 Å². The van der Waals surface area contributed by atoms with E-state index in [2.05, 4.69) is 15.5 Å². The van der Waals surface area contributed by atoms with Crippen LogP contribution in [0.4, 0.5) is 4.79 Å². The van der Waals surface area contributed by atoms with Gasteiger partial charge in [0.1, 0.15) is 0 Å². The van der Waals surface area contributed by atoms with Crippen molar-refractivity contribution in [3.8, 4) is 0 Å². The Morgan fingerprint density at radius 1 is 1.24 bits per heavy atom. The number of rotatable bonds is 4. The van der Waals surface area contributed by atoms with Gasteiger partial charge in [-0.25, -0.2) is 4.79 Å². The summed E-state index contributed by atoms with van der Waals surface area (Å²) in [7, 11) is 0. The molecular formula is C14H23N3O4. The van der Waals surface area contributed by atoms with Crippen LogP contribution in [0, 0.1) is 11.3 Å². The number of imide groups is 1. The average Bonchev–Trinajstić information content (AvgIpc) is 2.38. The largest absolute Gasteiger partial charge is 0.481 e. The average molecular weight is 297 g/mol. The third-order valence-electron chi connectivity index (χ3n) is 4.41. The highest BCUT2D eigenvalue weighted by molar-refractivity contribution is 5.96. The Morgan fingerprint density at radius 2 is 1.86 bits per heavy atom. The molecule has 1 unspecified atom stereocenters. The smallest absolute Gasteiger partial charge is 0.321 e. The van der Waals surface area contributed by atoms with Gasteiger partial charge in [-0.05, 0) is 45.7 Å². The molecule has 0 spiro atoms. The summed E-state index contributed by atoms with van der Waals surface area (Å²) in [6, 6.07) is -0.451. The monoisotopic (exact) mass is 297 g/mol. The number of piperidine rings is 3. The highest BCUT2D eigenvalue weighted by Gasteiger charge is 2.35. The van der Waals surface area contributed by atoms with Gasteiger partial charge >= 0.3 is 12.0 Å². The maximum atomic E-state index is 11.8. The van der Waals surface area contributed by atoms with Gasteiger partial charge in [0.15, 0.2) is 0 Å². The number of amides is 3. The SMILES string of the molecule is CC(C)(CC(=O)NC(=O)NC1CN2CCC1CC2)C(=O)O. The molecule has 1 atom stereocenters. The number of carbonyl (C=O) groups excluding carboxylic acids is 2. The first-order valence-corrected chi connectivity index (χ1v) is 7.34. The lowest BCUT2D eigenvalue weighted by Gasteiger charge is -2.44. The summed E-state index contributed by atoms with van der Waals surface area (Å²) >= 11 is 0. The molecule has 0 aromatic rings. The Balaban J connectivity index is 1.79. The maximum absolute atomic E-state index is 11.8. The number of hydrogen-bond donors (Lipinski definition) is 3. The Bertz CT molecular complexity index is 442. The number of fused-ring (bicyclic) bond motifs is 3. The molecule has 0 radical (unpaired) electrons. The quantitative estimate of drug-likeness (QED) is 0.698. The van der Waals surface area contributed by atoms with E-state index >= 15 is 0 Å². The molecule has 0 aliphatic carbocycles. The number of carbonyl (C=O) groups is 3. The van der Waals surface area contributed by atoms with E-state index in [1.807, 2.05) is 0 Å². The number of hydrogen-bond acceptors (Lipinski definition) is 4. The summed E-state index contributed by atoms with van der Waals surface area (Å²) in [5.41, 5.74) is -1.18. The first-order chi connectivity index (χ1) is 9.78. The minimum atomic E-state index is -1.18. The zero-order valence-electron chi connectivity index (χ0n) is 12.5. The number of nitrogens with zero attached hydrogens (tertiary/aromatic N) is 1. The number of urea groups is 1. The first kappa shape index (κ1) is 15.8. The predicted octanol–water partition coefficient (Wildman–Crippen LogP) is 0.407. The second kappa shape index (κ2) is 6.01. The molecule has 118 valence electrons. The number of carboxylic acid groups (broad SMARTS) is 1. The van der Waals surface area contributed by atoms with Crippen molar-refractivity contribution in [3.05, 3.63) is 0 Å². The van der Waals surface area contributed by atoms with E-state index in [0.717, 1.165) is 32.5 Å². The molecule has 0 saturated carbocycles.